The predicted octanol–water partition coefficient (Wildman–Crippen LogP) is 1.37. The fourth-order valence-electron chi connectivity index (χ4n) is 4.14. The first-order valence-electron chi connectivity index (χ1n) is 8.01. The third-order valence-corrected chi connectivity index (χ3v) is 5.10. The minimum atomic E-state index is -0.0516. The second-order valence-corrected chi connectivity index (χ2v) is 6.26. The Balaban J connectivity index is 2.04. The average molecular weight is 320 g/mol. The van der Waals surface area contributed by atoms with Crippen molar-refractivity contribution in [1.29, 1.82) is 0 Å². The number of ether oxygens (including phenoxy) is 2. The van der Waals surface area contributed by atoms with Crippen LogP contribution in [0.1, 0.15) is 30.9 Å². The number of Topliss-reactive ketones (excluding diaryl/α,β-unsaturated/α-hetero) is 1. The van der Waals surface area contributed by atoms with Crippen LogP contribution >= 0.6 is 0 Å². The van der Waals surface area contributed by atoms with Crippen molar-refractivity contribution < 1.29 is 19.4 Å². The number of rotatable bonds is 5. The second kappa shape index (κ2) is 6.37. The van der Waals surface area contributed by atoms with Crippen LogP contribution in [0.15, 0.2) is 12.1 Å². The molecule has 3 aliphatic rings. The van der Waals surface area contributed by atoms with Gasteiger partial charge >= 0.3 is 0 Å². The highest BCUT2D eigenvalue weighted by Crippen LogP contribution is 2.47. The van der Waals surface area contributed by atoms with E-state index >= 15 is 0 Å². The van der Waals surface area contributed by atoms with Gasteiger partial charge in [-0.05, 0) is 30.5 Å². The molecule has 1 aromatic rings. The zero-order chi connectivity index (χ0) is 16.6. The normalized spacial score (nSPS) is 27.3. The van der Waals surface area contributed by atoms with E-state index in [4.69, 9.17) is 15.2 Å². The summed E-state index contributed by atoms with van der Waals surface area (Å²) < 4.78 is 10.7. The largest absolute Gasteiger partial charge is 0.493 e. The lowest BCUT2D eigenvalue weighted by molar-refractivity contribution is -0.138. The maximum atomic E-state index is 12.4. The van der Waals surface area contributed by atoms with Crippen molar-refractivity contribution >= 4 is 11.5 Å². The van der Waals surface area contributed by atoms with Crippen LogP contribution in [0.3, 0.4) is 0 Å². The summed E-state index contributed by atoms with van der Waals surface area (Å²) in [5.74, 6) is 1.36. The molecule has 2 heterocycles. The summed E-state index contributed by atoms with van der Waals surface area (Å²) in [7, 11) is 3.13. The van der Waals surface area contributed by atoms with Crippen LogP contribution in [0.5, 0.6) is 11.5 Å². The molecule has 0 amide bonds. The smallest absolute Gasteiger partial charge is 0.183 e. The first-order valence-corrected chi connectivity index (χ1v) is 8.01. The average Bonchev–Trinajstić information content (AvgIpc) is 2.55. The van der Waals surface area contributed by atoms with Gasteiger partial charge in [-0.1, -0.05) is 0 Å². The summed E-state index contributed by atoms with van der Waals surface area (Å²) in [6, 6.07) is 3.92. The molecule has 3 unspecified atom stereocenters. The van der Waals surface area contributed by atoms with Gasteiger partial charge in [0, 0.05) is 31.0 Å². The molecule has 1 aromatic carbocycles. The number of nitrogens with two attached hydrogens (primary N) is 1. The third-order valence-electron chi connectivity index (χ3n) is 5.10. The van der Waals surface area contributed by atoms with Gasteiger partial charge in [-0.2, -0.15) is 0 Å². The molecule has 126 valence electrons. The molecule has 2 aliphatic heterocycles. The van der Waals surface area contributed by atoms with Crippen LogP contribution in [0, 0.1) is 5.92 Å². The van der Waals surface area contributed by atoms with Crippen molar-refractivity contribution in [1.82, 2.24) is 4.90 Å². The van der Waals surface area contributed by atoms with E-state index in [2.05, 4.69) is 4.90 Å². The number of carbonyl (C=O) groups is 1. The van der Waals surface area contributed by atoms with Gasteiger partial charge in [-0.25, -0.2) is 0 Å². The Labute approximate surface area is 136 Å². The Morgan fingerprint density at radius 2 is 2.09 bits per heavy atom. The number of carbonyl (C=O) groups excluding carboxylic acids is 1. The SMILES string of the molecule is COc1cc(C2C3CCC(CC3=O)N2CCO)cc(N)c1OC. The Hall–Kier alpha value is -1.79. The molecule has 4 rings (SSSR count). The number of ketones is 1. The van der Waals surface area contributed by atoms with Crippen molar-refractivity contribution in [3.8, 4) is 11.5 Å². The van der Waals surface area contributed by atoms with Crippen molar-refractivity contribution in [2.24, 2.45) is 5.92 Å². The number of nitrogens with zero attached hydrogens (tertiary/aromatic N) is 1. The third kappa shape index (κ3) is 2.66. The molecule has 2 saturated heterocycles. The van der Waals surface area contributed by atoms with Gasteiger partial charge in [-0.15, -0.1) is 0 Å². The summed E-state index contributed by atoms with van der Waals surface area (Å²) in [6.07, 6.45) is 2.49. The highest BCUT2D eigenvalue weighted by molar-refractivity contribution is 5.84. The highest BCUT2D eigenvalue weighted by atomic mass is 16.5. The number of hydrogen-bond donors (Lipinski definition) is 2. The number of benzene rings is 1. The molecule has 3 N–H and O–H groups in total. The van der Waals surface area contributed by atoms with Crippen LogP contribution in [0.2, 0.25) is 0 Å². The number of piperidine rings is 2. The lowest BCUT2D eigenvalue weighted by Crippen LogP contribution is -2.54. The van der Waals surface area contributed by atoms with Crippen LogP contribution in [0.4, 0.5) is 5.69 Å². The molecule has 0 radical (unpaired) electrons. The van der Waals surface area contributed by atoms with E-state index in [-0.39, 0.29) is 24.6 Å². The molecule has 1 saturated carbocycles. The van der Waals surface area contributed by atoms with Crippen LogP contribution < -0.4 is 15.2 Å². The Kier molecular flexibility index (Phi) is 4.46. The maximum Gasteiger partial charge on any atom is 0.183 e. The van der Waals surface area contributed by atoms with Gasteiger partial charge in [-0.3, -0.25) is 9.69 Å². The summed E-state index contributed by atoms with van der Waals surface area (Å²) >= 11 is 0. The van der Waals surface area contributed by atoms with Crippen LogP contribution in [-0.2, 0) is 4.79 Å². The predicted molar refractivity (Wildman–Crippen MR) is 86.6 cm³/mol. The molecular formula is C17H24N2O4. The molecule has 0 aromatic heterocycles. The summed E-state index contributed by atoms with van der Waals surface area (Å²) in [4.78, 5) is 14.6. The number of fused-ring (bicyclic) bond motifs is 3. The van der Waals surface area contributed by atoms with Crippen molar-refractivity contribution in [2.75, 3.05) is 33.1 Å². The quantitative estimate of drug-likeness (QED) is 0.797. The Bertz CT molecular complexity index is 605. The molecule has 1 aliphatic carbocycles. The van der Waals surface area contributed by atoms with E-state index in [0.717, 1.165) is 18.4 Å². The zero-order valence-electron chi connectivity index (χ0n) is 13.6. The van der Waals surface area contributed by atoms with E-state index < -0.39 is 0 Å². The standard InChI is InChI=1S/C17H24N2O4/c1-22-15-8-10(7-13(18)17(15)23-2)16-12-4-3-11(9-14(12)21)19(16)5-6-20/h7-8,11-12,16,20H,3-6,9,18H2,1-2H3. The second-order valence-electron chi connectivity index (χ2n) is 6.26. The molecule has 0 spiro atoms. The van der Waals surface area contributed by atoms with Crippen LogP contribution in [-0.4, -0.2) is 49.2 Å². The molecule has 6 heteroatoms. The topological polar surface area (TPSA) is 85.0 Å². The minimum absolute atomic E-state index is 0.0379. The van der Waals surface area contributed by atoms with Crippen LogP contribution in [0.25, 0.3) is 0 Å². The minimum Gasteiger partial charge on any atom is -0.493 e. The van der Waals surface area contributed by atoms with Gasteiger partial charge in [0.15, 0.2) is 11.5 Å². The number of nitrogen functional groups attached to an aromatic ring is 1. The van der Waals surface area contributed by atoms with E-state index in [1.54, 1.807) is 14.2 Å². The lowest BCUT2D eigenvalue weighted by Gasteiger charge is -2.50. The zero-order valence-corrected chi connectivity index (χ0v) is 13.6. The summed E-state index contributed by atoms with van der Waals surface area (Å²) in [6.45, 7) is 0.643. The molecule has 3 fully saturated rings. The summed E-state index contributed by atoms with van der Waals surface area (Å²) in [5.41, 5.74) is 7.56. The van der Waals surface area contributed by atoms with E-state index in [9.17, 15) is 9.90 Å². The lowest BCUT2D eigenvalue weighted by atomic mass is 9.71. The Morgan fingerprint density at radius 1 is 1.30 bits per heavy atom. The van der Waals surface area contributed by atoms with Gasteiger partial charge in [0.1, 0.15) is 5.78 Å². The number of aliphatic hydroxyl groups excluding tert-OH is 1. The number of methoxy groups -OCH3 is 2. The first kappa shape index (κ1) is 16.1. The Morgan fingerprint density at radius 3 is 2.70 bits per heavy atom. The summed E-state index contributed by atoms with van der Waals surface area (Å²) in [5, 5.41) is 9.42. The fraction of sp³-hybridized carbons (Fsp3) is 0.588. The van der Waals surface area contributed by atoms with Crippen molar-refractivity contribution in [2.45, 2.75) is 31.3 Å². The highest BCUT2D eigenvalue weighted by Gasteiger charge is 2.47. The van der Waals surface area contributed by atoms with Gasteiger partial charge in [0.2, 0.25) is 0 Å². The van der Waals surface area contributed by atoms with Crippen molar-refractivity contribution in [3.63, 3.8) is 0 Å². The number of anilines is 1. The van der Waals surface area contributed by atoms with Gasteiger partial charge in [0.05, 0.1) is 26.5 Å². The fourth-order valence-corrected chi connectivity index (χ4v) is 4.14. The maximum absolute atomic E-state index is 12.4. The van der Waals surface area contributed by atoms with E-state index in [0.29, 0.717) is 35.9 Å². The monoisotopic (exact) mass is 320 g/mol. The van der Waals surface area contributed by atoms with Crippen molar-refractivity contribution in [3.05, 3.63) is 17.7 Å². The molecule has 2 bridgehead atoms. The molecular weight excluding hydrogens is 296 g/mol. The molecule has 3 atom stereocenters. The van der Waals surface area contributed by atoms with E-state index in [1.165, 1.54) is 0 Å². The number of aliphatic hydroxyl groups is 1. The molecule has 23 heavy (non-hydrogen) atoms. The van der Waals surface area contributed by atoms with E-state index in [1.807, 2.05) is 12.1 Å². The van der Waals surface area contributed by atoms with Gasteiger partial charge < -0.3 is 20.3 Å². The molecule has 6 nitrogen and oxygen atoms in total. The first-order chi connectivity index (χ1) is 11.1. The van der Waals surface area contributed by atoms with Gasteiger partial charge in [0.25, 0.3) is 0 Å². The number of hydrogen-bond acceptors (Lipinski definition) is 6.